The van der Waals surface area contributed by atoms with E-state index >= 15 is 0 Å². The Balaban J connectivity index is 0.989. The van der Waals surface area contributed by atoms with Crippen LogP contribution in [0.5, 0.6) is 0 Å². The van der Waals surface area contributed by atoms with E-state index in [1.807, 2.05) is 36.4 Å². The molecule has 2 aromatic carbocycles. The summed E-state index contributed by atoms with van der Waals surface area (Å²) in [5.41, 5.74) is 6.15. The van der Waals surface area contributed by atoms with Crippen molar-refractivity contribution in [3.8, 4) is 11.1 Å². The first-order valence-electron chi connectivity index (χ1n) is 13.9. The lowest BCUT2D eigenvalue weighted by Gasteiger charge is -2.35. The number of carbonyl (C=O) groups excluding carboxylic acids is 3. The van der Waals surface area contributed by atoms with Crippen molar-refractivity contribution < 1.29 is 14.4 Å². The van der Waals surface area contributed by atoms with Gasteiger partial charge < -0.3 is 5.32 Å². The summed E-state index contributed by atoms with van der Waals surface area (Å²) in [6.45, 7) is 4.88. The zero-order valence-electron chi connectivity index (χ0n) is 22.0. The monoisotopic (exact) mass is 555 g/mol. The largest absolute Gasteiger partial charge is 0.385 e. The third-order valence-corrected chi connectivity index (χ3v) is 8.87. The average Bonchev–Trinajstić information content (AvgIpc) is 3.62. The molecule has 1 aromatic heterocycles. The minimum Gasteiger partial charge on any atom is -0.385 e. The number of benzene rings is 2. The van der Waals surface area contributed by atoms with Gasteiger partial charge in [-0.15, -0.1) is 0 Å². The number of rotatable bonds is 7. The van der Waals surface area contributed by atoms with Gasteiger partial charge in [-0.1, -0.05) is 36.4 Å². The van der Waals surface area contributed by atoms with Gasteiger partial charge in [0, 0.05) is 52.6 Å². The summed E-state index contributed by atoms with van der Waals surface area (Å²) < 4.78 is 2.16. The molecule has 3 heterocycles. The Kier molecular flexibility index (Phi) is 6.04. The Morgan fingerprint density at radius 3 is 2.60 bits per heavy atom. The number of piperidine rings is 1. The number of hydrogen-bond acceptors (Lipinski definition) is 5. The molecule has 2 aliphatic heterocycles. The summed E-state index contributed by atoms with van der Waals surface area (Å²) in [4.78, 5) is 38.6. The summed E-state index contributed by atoms with van der Waals surface area (Å²) >= 11 is 6.27. The van der Waals surface area contributed by atoms with E-state index in [0.29, 0.717) is 35.6 Å². The predicted molar refractivity (Wildman–Crippen MR) is 153 cm³/mol. The van der Waals surface area contributed by atoms with E-state index in [-0.39, 0.29) is 18.2 Å². The SMILES string of the molecule is C=C1c2ccc(NCC3CC(n4cc(-c5cccc(Cl)c5)c(C5CC5)n4)C3)cc2C(=O)N1C1CCC(=O)NC1=O. The van der Waals surface area contributed by atoms with Crippen LogP contribution in [0.2, 0.25) is 5.02 Å². The first-order valence-corrected chi connectivity index (χ1v) is 14.3. The zero-order chi connectivity index (χ0) is 27.5. The number of fused-ring (bicyclic) bond motifs is 1. The maximum absolute atomic E-state index is 13.2. The highest BCUT2D eigenvalue weighted by Crippen LogP contribution is 2.46. The number of carbonyl (C=O) groups is 3. The van der Waals surface area contributed by atoms with Crippen molar-refractivity contribution in [2.24, 2.45) is 5.92 Å². The highest BCUT2D eigenvalue weighted by molar-refractivity contribution is 6.30. The van der Waals surface area contributed by atoms with Crippen LogP contribution in [-0.2, 0) is 9.59 Å². The molecule has 0 spiro atoms. The van der Waals surface area contributed by atoms with E-state index in [1.165, 1.54) is 29.0 Å². The van der Waals surface area contributed by atoms with Gasteiger partial charge >= 0.3 is 0 Å². The number of aromatic nitrogens is 2. The average molecular weight is 556 g/mol. The molecule has 4 aliphatic rings. The second-order valence-corrected chi connectivity index (χ2v) is 11.9. The number of imide groups is 1. The molecule has 7 rings (SSSR count). The maximum Gasteiger partial charge on any atom is 0.259 e. The third-order valence-electron chi connectivity index (χ3n) is 8.63. The van der Waals surface area contributed by atoms with Gasteiger partial charge in [0.15, 0.2) is 0 Å². The Morgan fingerprint density at radius 1 is 1.02 bits per heavy atom. The number of nitrogens with zero attached hydrogens (tertiary/aromatic N) is 3. The lowest BCUT2D eigenvalue weighted by molar-refractivity contribution is -0.136. The second kappa shape index (κ2) is 9.63. The first-order chi connectivity index (χ1) is 19.4. The van der Waals surface area contributed by atoms with Crippen molar-refractivity contribution in [3.05, 3.63) is 77.1 Å². The van der Waals surface area contributed by atoms with Gasteiger partial charge in [0.25, 0.3) is 5.91 Å². The highest BCUT2D eigenvalue weighted by atomic mass is 35.5. The lowest BCUT2D eigenvalue weighted by Crippen LogP contribution is -2.52. The van der Waals surface area contributed by atoms with Crippen molar-refractivity contribution in [2.75, 3.05) is 11.9 Å². The summed E-state index contributed by atoms with van der Waals surface area (Å²) in [6, 6.07) is 13.4. The summed E-state index contributed by atoms with van der Waals surface area (Å²) in [6.07, 6.45) is 7.18. The van der Waals surface area contributed by atoms with Gasteiger partial charge in [-0.05, 0) is 67.9 Å². The van der Waals surface area contributed by atoms with E-state index in [2.05, 4.69) is 34.2 Å². The molecule has 2 N–H and O–H groups in total. The molecule has 2 aliphatic carbocycles. The maximum atomic E-state index is 13.2. The molecule has 40 heavy (non-hydrogen) atoms. The molecular weight excluding hydrogens is 526 g/mol. The van der Waals surface area contributed by atoms with Crippen LogP contribution in [-0.4, -0.2) is 45.0 Å². The molecular formula is C31H30ClN5O3. The molecule has 3 amide bonds. The fourth-order valence-corrected chi connectivity index (χ4v) is 6.39. The van der Waals surface area contributed by atoms with Gasteiger partial charge in [0.1, 0.15) is 6.04 Å². The van der Waals surface area contributed by atoms with E-state index < -0.39 is 11.9 Å². The Morgan fingerprint density at radius 2 is 1.85 bits per heavy atom. The molecule has 3 aromatic rings. The third kappa shape index (κ3) is 4.40. The second-order valence-electron chi connectivity index (χ2n) is 11.4. The minimum absolute atomic E-state index is 0.210. The number of hydrogen-bond donors (Lipinski definition) is 2. The van der Waals surface area contributed by atoms with E-state index in [4.69, 9.17) is 16.7 Å². The first kappa shape index (κ1) is 25.1. The van der Waals surface area contributed by atoms with Crippen molar-refractivity contribution >= 4 is 40.7 Å². The summed E-state index contributed by atoms with van der Waals surface area (Å²) in [5.74, 6) is 0.0580. The normalized spacial score (nSPS) is 24.1. The smallest absolute Gasteiger partial charge is 0.259 e. The van der Waals surface area contributed by atoms with Crippen LogP contribution in [0.3, 0.4) is 0 Å². The van der Waals surface area contributed by atoms with Gasteiger partial charge in [0.2, 0.25) is 11.8 Å². The zero-order valence-corrected chi connectivity index (χ0v) is 22.8. The van der Waals surface area contributed by atoms with Crippen molar-refractivity contribution in [2.45, 2.75) is 56.5 Å². The van der Waals surface area contributed by atoms with Gasteiger partial charge in [0.05, 0.1) is 17.3 Å². The number of halogens is 1. The van der Waals surface area contributed by atoms with Crippen LogP contribution in [0.4, 0.5) is 5.69 Å². The van der Waals surface area contributed by atoms with E-state index in [9.17, 15) is 14.4 Å². The molecule has 0 bridgehead atoms. The summed E-state index contributed by atoms with van der Waals surface area (Å²) in [5, 5.41) is 11.6. The quantitative estimate of drug-likeness (QED) is 0.382. The van der Waals surface area contributed by atoms with Crippen LogP contribution in [0.15, 0.2) is 55.2 Å². The number of nitrogens with one attached hydrogen (secondary N) is 2. The molecule has 8 nitrogen and oxygen atoms in total. The fourth-order valence-electron chi connectivity index (χ4n) is 6.20. The lowest BCUT2D eigenvalue weighted by atomic mass is 9.80. The standard InChI is InChI=1S/C31H30ClN5O3/c1-17-24-8-7-22(14-25(24)31(40)37(17)27-9-10-28(38)34-30(27)39)33-15-18-11-23(12-18)36-16-26(29(35-36)19-5-6-19)20-3-2-4-21(32)13-20/h2-4,7-8,13-14,16,18-19,23,27,33H,1,5-6,9-12,15H2,(H,34,38,39). The molecule has 9 heteroatoms. The predicted octanol–water partition coefficient (Wildman–Crippen LogP) is 5.38. The molecule has 3 fully saturated rings. The Bertz CT molecular complexity index is 1570. The highest BCUT2D eigenvalue weighted by Gasteiger charge is 2.41. The Labute approximate surface area is 237 Å². The Hall–Kier alpha value is -3.91. The summed E-state index contributed by atoms with van der Waals surface area (Å²) in [7, 11) is 0. The van der Waals surface area contributed by atoms with Gasteiger partial charge in [-0.3, -0.25) is 29.3 Å². The van der Waals surface area contributed by atoms with Crippen LogP contribution in [0.1, 0.15) is 72.1 Å². The topological polar surface area (TPSA) is 96.3 Å². The van der Waals surface area contributed by atoms with Crippen molar-refractivity contribution in [1.82, 2.24) is 20.0 Å². The molecule has 2 saturated carbocycles. The molecule has 1 unspecified atom stereocenters. The van der Waals surface area contributed by atoms with Crippen LogP contribution >= 0.6 is 11.6 Å². The van der Waals surface area contributed by atoms with Crippen LogP contribution in [0.25, 0.3) is 16.8 Å². The molecule has 1 atom stereocenters. The van der Waals surface area contributed by atoms with Crippen LogP contribution < -0.4 is 10.6 Å². The fraction of sp³-hybridized carbons (Fsp3) is 0.355. The van der Waals surface area contributed by atoms with Gasteiger partial charge in [-0.25, -0.2) is 0 Å². The minimum atomic E-state index is -0.712. The van der Waals surface area contributed by atoms with Gasteiger partial charge in [-0.2, -0.15) is 5.10 Å². The molecule has 0 radical (unpaired) electrons. The van der Waals surface area contributed by atoms with E-state index in [0.717, 1.165) is 41.2 Å². The van der Waals surface area contributed by atoms with E-state index in [1.54, 1.807) is 0 Å². The van der Waals surface area contributed by atoms with Crippen molar-refractivity contribution in [1.29, 1.82) is 0 Å². The van der Waals surface area contributed by atoms with Crippen LogP contribution in [0, 0.1) is 5.92 Å². The molecule has 1 saturated heterocycles. The van der Waals surface area contributed by atoms with Crippen molar-refractivity contribution in [3.63, 3.8) is 0 Å². The number of amides is 3. The molecule has 204 valence electrons. The number of anilines is 1.